The first-order chi connectivity index (χ1) is 17.6. The molecule has 8 heteroatoms. The van der Waals surface area contributed by atoms with Crippen molar-refractivity contribution in [3.63, 3.8) is 0 Å². The molecule has 0 bridgehead atoms. The van der Waals surface area contributed by atoms with E-state index in [2.05, 4.69) is 9.88 Å². The van der Waals surface area contributed by atoms with E-state index in [9.17, 15) is 9.18 Å². The van der Waals surface area contributed by atoms with Crippen molar-refractivity contribution in [1.82, 2.24) is 9.55 Å². The number of amides is 1. The minimum Gasteiger partial charge on any atom is -0.493 e. The second-order valence-corrected chi connectivity index (χ2v) is 8.84. The third-order valence-corrected chi connectivity index (χ3v) is 6.62. The first-order valence-corrected chi connectivity index (χ1v) is 12.0. The van der Waals surface area contributed by atoms with Crippen LogP contribution in [0.1, 0.15) is 48.7 Å². The summed E-state index contributed by atoms with van der Waals surface area (Å²) >= 11 is 0. The highest BCUT2D eigenvalue weighted by atomic mass is 19.1. The van der Waals surface area contributed by atoms with Crippen molar-refractivity contribution < 1.29 is 23.1 Å². The van der Waals surface area contributed by atoms with E-state index in [1.807, 2.05) is 12.4 Å². The molecule has 1 aliphatic rings. The number of aromatic nitrogens is 2. The van der Waals surface area contributed by atoms with E-state index >= 15 is 0 Å². The molecule has 36 heavy (non-hydrogen) atoms. The molecule has 2 aromatic carbocycles. The molecular weight excluding hydrogens is 461 g/mol. The average Bonchev–Trinajstić information content (AvgIpc) is 3.60. The SMILES string of the molecule is COc1cc(NC(=O)c2ccco2)cc(-c2c(-c3ccc(F)cc3)ncn2C2CCCCC2)c1OC. The molecule has 0 unspecified atom stereocenters. The van der Waals surface area contributed by atoms with Gasteiger partial charge in [-0.3, -0.25) is 4.79 Å². The highest BCUT2D eigenvalue weighted by molar-refractivity contribution is 6.03. The Morgan fingerprint density at radius 2 is 1.86 bits per heavy atom. The fourth-order valence-corrected chi connectivity index (χ4v) is 4.90. The van der Waals surface area contributed by atoms with E-state index in [0.717, 1.165) is 36.9 Å². The minimum atomic E-state index is -0.377. The highest BCUT2D eigenvalue weighted by Gasteiger charge is 2.27. The number of benzene rings is 2. The van der Waals surface area contributed by atoms with Crippen molar-refractivity contribution in [2.24, 2.45) is 0 Å². The van der Waals surface area contributed by atoms with Crippen LogP contribution < -0.4 is 14.8 Å². The molecule has 1 N–H and O–H groups in total. The first kappa shape index (κ1) is 23.7. The molecule has 0 radical (unpaired) electrons. The molecular formula is C28H28FN3O4. The fraction of sp³-hybridized carbons (Fsp3) is 0.286. The summed E-state index contributed by atoms with van der Waals surface area (Å²) in [5.41, 5.74) is 3.56. The maximum absolute atomic E-state index is 13.7. The molecule has 4 aromatic rings. The molecule has 1 saturated carbocycles. The predicted octanol–water partition coefficient (Wildman–Crippen LogP) is 6.72. The second kappa shape index (κ2) is 10.3. The summed E-state index contributed by atoms with van der Waals surface area (Å²) in [6.07, 6.45) is 8.90. The van der Waals surface area contributed by atoms with E-state index in [4.69, 9.17) is 18.9 Å². The second-order valence-electron chi connectivity index (χ2n) is 8.84. The molecule has 2 heterocycles. The Kier molecular flexibility index (Phi) is 6.75. The normalized spacial score (nSPS) is 14.0. The summed E-state index contributed by atoms with van der Waals surface area (Å²) in [6.45, 7) is 0. The van der Waals surface area contributed by atoms with Crippen LogP contribution in [-0.4, -0.2) is 29.7 Å². The van der Waals surface area contributed by atoms with Crippen LogP contribution >= 0.6 is 0 Å². The molecule has 5 rings (SSSR count). The summed E-state index contributed by atoms with van der Waals surface area (Å²) in [5, 5.41) is 2.89. The van der Waals surface area contributed by atoms with E-state index < -0.39 is 0 Å². The Morgan fingerprint density at radius 1 is 1.08 bits per heavy atom. The Hall–Kier alpha value is -4.07. The lowest BCUT2D eigenvalue weighted by atomic mass is 9.94. The predicted molar refractivity (Wildman–Crippen MR) is 135 cm³/mol. The van der Waals surface area contributed by atoms with Crippen molar-refractivity contribution in [3.8, 4) is 34.0 Å². The van der Waals surface area contributed by atoms with Gasteiger partial charge in [0.2, 0.25) is 0 Å². The number of hydrogen-bond donors (Lipinski definition) is 1. The van der Waals surface area contributed by atoms with Gasteiger partial charge in [-0.15, -0.1) is 0 Å². The van der Waals surface area contributed by atoms with E-state index in [1.54, 1.807) is 44.6 Å². The number of nitrogens with one attached hydrogen (secondary N) is 1. The number of carbonyl (C=O) groups excluding carboxylic acids is 1. The van der Waals surface area contributed by atoms with Gasteiger partial charge in [0, 0.05) is 28.9 Å². The summed E-state index contributed by atoms with van der Waals surface area (Å²) < 4.78 is 32.6. The van der Waals surface area contributed by atoms with Gasteiger partial charge in [0.25, 0.3) is 5.91 Å². The standard InChI is InChI=1S/C28H28FN3O4/c1-34-24-16-20(31-28(33)23-9-6-14-36-23)15-22(27(24)35-2)26-25(18-10-12-19(29)13-11-18)30-17-32(26)21-7-4-3-5-8-21/h6,9-17,21H,3-5,7-8H2,1-2H3,(H,31,33). The summed E-state index contributed by atoms with van der Waals surface area (Å²) in [6, 6.07) is 13.4. The summed E-state index contributed by atoms with van der Waals surface area (Å²) in [5.74, 6) is 0.498. The van der Waals surface area contributed by atoms with Crippen LogP contribution in [-0.2, 0) is 0 Å². The molecule has 7 nitrogen and oxygen atoms in total. The molecule has 0 saturated heterocycles. The van der Waals surface area contributed by atoms with Crippen LogP contribution in [0.15, 0.2) is 65.5 Å². The number of methoxy groups -OCH3 is 2. The van der Waals surface area contributed by atoms with Crippen molar-refractivity contribution >= 4 is 11.6 Å². The number of hydrogen-bond acceptors (Lipinski definition) is 5. The summed E-state index contributed by atoms with van der Waals surface area (Å²) in [4.78, 5) is 17.5. The number of imidazole rings is 1. The van der Waals surface area contributed by atoms with Crippen molar-refractivity contribution in [3.05, 3.63) is 72.7 Å². The number of halogens is 1. The zero-order chi connectivity index (χ0) is 25.1. The largest absolute Gasteiger partial charge is 0.493 e. The van der Waals surface area contributed by atoms with Gasteiger partial charge in [-0.1, -0.05) is 19.3 Å². The number of anilines is 1. The lowest BCUT2D eigenvalue weighted by Gasteiger charge is -2.26. The van der Waals surface area contributed by atoms with E-state index in [0.29, 0.717) is 28.4 Å². The molecule has 0 aliphatic heterocycles. The Bertz CT molecular complexity index is 1340. The van der Waals surface area contributed by atoms with Gasteiger partial charge in [0.15, 0.2) is 17.3 Å². The van der Waals surface area contributed by atoms with E-state index in [1.165, 1.54) is 24.8 Å². The zero-order valence-electron chi connectivity index (χ0n) is 20.3. The Balaban J connectivity index is 1.68. The molecule has 1 aliphatic carbocycles. The average molecular weight is 490 g/mol. The van der Waals surface area contributed by atoms with Gasteiger partial charge in [0.1, 0.15) is 5.82 Å². The number of nitrogens with zero attached hydrogens (tertiary/aromatic N) is 2. The monoisotopic (exact) mass is 489 g/mol. The number of furan rings is 1. The first-order valence-electron chi connectivity index (χ1n) is 12.0. The molecule has 0 atom stereocenters. The zero-order valence-corrected chi connectivity index (χ0v) is 20.3. The van der Waals surface area contributed by atoms with Crippen molar-refractivity contribution in [2.75, 3.05) is 19.5 Å². The topological polar surface area (TPSA) is 78.5 Å². The van der Waals surface area contributed by atoms with Crippen molar-refractivity contribution in [2.45, 2.75) is 38.1 Å². The number of ether oxygens (including phenoxy) is 2. The van der Waals surface area contributed by atoms with Crippen LogP contribution in [0.5, 0.6) is 11.5 Å². The van der Waals surface area contributed by atoms with Gasteiger partial charge in [-0.2, -0.15) is 0 Å². The number of rotatable bonds is 7. The highest BCUT2D eigenvalue weighted by Crippen LogP contribution is 2.46. The smallest absolute Gasteiger partial charge is 0.291 e. The van der Waals surface area contributed by atoms with Gasteiger partial charge in [-0.25, -0.2) is 9.37 Å². The van der Waals surface area contributed by atoms with Crippen LogP contribution in [0.3, 0.4) is 0 Å². The maximum atomic E-state index is 13.7. The lowest BCUT2D eigenvalue weighted by molar-refractivity contribution is 0.0996. The molecule has 0 spiro atoms. The van der Waals surface area contributed by atoms with Crippen LogP contribution in [0.4, 0.5) is 10.1 Å². The fourth-order valence-electron chi connectivity index (χ4n) is 4.90. The van der Waals surface area contributed by atoms with Gasteiger partial charge < -0.3 is 23.8 Å². The Labute approximate surface area is 208 Å². The number of carbonyl (C=O) groups is 1. The van der Waals surface area contributed by atoms with Crippen LogP contribution in [0.25, 0.3) is 22.5 Å². The molecule has 1 fully saturated rings. The molecule has 1 amide bonds. The molecule has 186 valence electrons. The van der Waals surface area contributed by atoms with E-state index in [-0.39, 0.29) is 23.5 Å². The van der Waals surface area contributed by atoms with Gasteiger partial charge >= 0.3 is 0 Å². The third kappa shape index (κ3) is 4.58. The minimum absolute atomic E-state index is 0.200. The van der Waals surface area contributed by atoms with Crippen molar-refractivity contribution in [1.29, 1.82) is 0 Å². The lowest BCUT2D eigenvalue weighted by Crippen LogP contribution is -2.14. The summed E-state index contributed by atoms with van der Waals surface area (Å²) in [7, 11) is 3.14. The molecule has 2 aromatic heterocycles. The van der Waals surface area contributed by atoms with Crippen LogP contribution in [0.2, 0.25) is 0 Å². The third-order valence-electron chi connectivity index (χ3n) is 6.62. The van der Waals surface area contributed by atoms with Gasteiger partial charge in [-0.05, 0) is 55.3 Å². The maximum Gasteiger partial charge on any atom is 0.291 e. The quantitative estimate of drug-likeness (QED) is 0.312. The van der Waals surface area contributed by atoms with Gasteiger partial charge in [0.05, 0.1) is 38.2 Å². The Morgan fingerprint density at radius 3 is 2.53 bits per heavy atom. The van der Waals surface area contributed by atoms with Crippen LogP contribution in [0, 0.1) is 5.82 Å².